The number of amides is 1. The second-order valence-electron chi connectivity index (χ2n) is 5.78. The van der Waals surface area contributed by atoms with Gasteiger partial charge in [-0.1, -0.05) is 32.1 Å². The van der Waals surface area contributed by atoms with Crippen LogP contribution in [-0.2, 0) is 16.6 Å². The minimum absolute atomic E-state index is 0.169. The van der Waals surface area contributed by atoms with Crippen molar-refractivity contribution in [3.8, 4) is 0 Å². The Morgan fingerprint density at radius 2 is 1.95 bits per heavy atom. The van der Waals surface area contributed by atoms with E-state index >= 15 is 0 Å². The molecule has 0 saturated heterocycles. The molecule has 2 aromatic rings. The van der Waals surface area contributed by atoms with E-state index in [4.69, 9.17) is 4.74 Å². The summed E-state index contributed by atoms with van der Waals surface area (Å²) in [5.74, 6) is -0.546. The molecule has 5 nitrogen and oxygen atoms in total. The topological polar surface area (TPSA) is 60.7 Å². The van der Waals surface area contributed by atoms with Crippen LogP contribution < -0.4 is 4.80 Å². The quantitative estimate of drug-likeness (QED) is 0.761. The fraction of sp³-hybridized carbons (Fsp3) is 0.400. The van der Waals surface area contributed by atoms with Crippen LogP contribution in [0.1, 0.15) is 31.1 Å². The Kier molecular flexibility index (Phi) is 4.00. The summed E-state index contributed by atoms with van der Waals surface area (Å²) in [4.78, 5) is 28.4. The molecule has 0 aliphatic carbocycles. The van der Waals surface area contributed by atoms with Crippen molar-refractivity contribution < 1.29 is 14.3 Å². The number of nitrogens with zero attached hydrogens (tertiary/aromatic N) is 2. The van der Waals surface area contributed by atoms with Crippen molar-refractivity contribution >= 4 is 33.4 Å². The molecular weight excluding hydrogens is 288 g/mol. The average molecular weight is 306 g/mol. The maximum atomic E-state index is 12.0. The van der Waals surface area contributed by atoms with E-state index in [1.54, 1.807) is 12.1 Å². The first kappa shape index (κ1) is 15.4. The minimum atomic E-state index is -0.514. The van der Waals surface area contributed by atoms with E-state index in [9.17, 15) is 9.59 Å². The molecule has 1 heterocycles. The summed E-state index contributed by atoms with van der Waals surface area (Å²) in [7, 11) is 3.20. The van der Waals surface area contributed by atoms with Gasteiger partial charge in [-0.2, -0.15) is 4.99 Å². The van der Waals surface area contributed by atoms with E-state index in [0.717, 1.165) is 10.2 Å². The van der Waals surface area contributed by atoms with E-state index in [-0.39, 0.29) is 11.9 Å². The van der Waals surface area contributed by atoms with Crippen LogP contribution >= 0.6 is 11.3 Å². The zero-order valence-electron chi connectivity index (χ0n) is 12.8. The lowest BCUT2D eigenvalue weighted by molar-refractivity contribution is -0.125. The summed E-state index contributed by atoms with van der Waals surface area (Å²) in [5.41, 5.74) is 0.897. The van der Waals surface area contributed by atoms with Gasteiger partial charge in [-0.3, -0.25) is 4.79 Å². The molecule has 1 amide bonds. The second kappa shape index (κ2) is 5.44. The molecule has 1 aromatic heterocycles. The van der Waals surface area contributed by atoms with Gasteiger partial charge in [0, 0.05) is 12.5 Å². The number of hydrogen-bond acceptors (Lipinski definition) is 4. The number of carbonyl (C=O) groups is 2. The first-order chi connectivity index (χ1) is 9.74. The van der Waals surface area contributed by atoms with Gasteiger partial charge < -0.3 is 9.30 Å². The van der Waals surface area contributed by atoms with Gasteiger partial charge in [-0.25, -0.2) is 4.79 Å². The second-order valence-corrected chi connectivity index (χ2v) is 6.79. The lowest BCUT2D eigenvalue weighted by Crippen LogP contribution is -2.22. The molecule has 0 saturated carbocycles. The summed E-state index contributed by atoms with van der Waals surface area (Å²) in [6, 6.07) is 5.29. The van der Waals surface area contributed by atoms with Crippen LogP contribution in [0.2, 0.25) is 0 Å². The maximum absolute atomic E-state index is 12.0. The number of benzene rings is 1. The molecule has 2 rings (SSSR count). The first-order valence-corrected chi connectivity index (χ1v) is 7.33. The molecule has 0 aliphatic rings. The van der Waals surface area contributed by atoms with Crippen molar-refractivity contribution in [2.75, 3.05) is 7.11 Å². The number of ether oxygens (including phenoxy) is 1. The zero-order chi connectivity index (χ0) is 15.8. The Labute approximate surface area is 126 Å². The number of esters is 1. The highest BCUT2D eigenvalue weighted by atomic mass is 32.1. The highest BCUT2D eigenvalue weighted by Gasteiger charge is 2.21. The van der Waals surface area contributed by atoms with Gasteiger partial charge in [0.2, 0.25) is 0 Å². The lowest BCUT2D eigenvalue weighted by Gasteiger charge is -2.11. The molecule has 6 heteroatoms. The van der Waals surface area contributed by atoms with Gasteiger partial charge in [-0.15, -0.1) is 0 Å². The molecule has 0 bridgehead atoms. The molecule has 0 spiro atoms. The van der Waals surface area contributed by atoms with Gasteiger partial charge in [0.15, 0.2) is 4.80 Å². The monoisotopic (exact) mass is 306 g/mol. The van der Waals surface area contributed by atoms with Gasteiger partial charge in [0.1, 0.15) is 0 Å². The van der Waals surface area contributed by atoms with E-state index in [1.807, 2.05) is 38.5 Å². The van der Waals surface area contributed by atoms with Crippen LogP contribution in [-0.4, -0.2) is 23.6 Å². The summed E-state index contributed by atoms with van der Waals surface area (Å²) < 4.78 is 7.45. The van der Waals surface area contributed by atoms with Gasteiger partial charge in [0.05, 0.1) is 22.9 Å². The van der Waals surface area contributed by atoms with Crippen molar-refractivity contribution in [3.05, 3.63) is 28.6 Å². The lowest BCUT2D eigenvalue weighted by atomic mass is 9.96. The smallest absolute Gasteiger partial charge is 0.337 e. The number of rotatable bonds is 1. The molecule has 0 unspecified atom stereocenters. The molecule has 1 aromatic carbocycles. The number of thiazole rings is 1. The Morgan fingerprint density at radius 1 is 1.29 bits per heavy atom. The van der Waals surface area contributed by atoms with Crippen molar-refractivity contribution in [2.24, 2.45) is 17.5 Å². The summed E-state index contributed by atoms with van der Waals surface area (Å²) in [6.45, 7) is 5.50. The van der Waals surface area contributed by atoms with E-state index in [0.29, 0.717) is 10.4 Å². The van der Waals surface area contributed by atoms with Crippen LogP contribution in [0.25, 0.3) is 10.2 Å². The van der Waals surface area contributed by atoms with Crippen molar-refractivity contribution in [1.29, 1.82) is 0 Å². The number of carbonyl (C=O) groups excluding carboxylic acids is 2. The summed E-state index contributed by atoms with van der Waals surface area (Å²) in [5, 5.41) is 0. The Balaban J connectivity index is 2.58. The maximum Gasteiger partial charge on any atom is 0.337 e. The van der Waals surface area contributed by atoms with Crippen LogP contribution in [0.4, 0.5) is 0 Å². The van der Waals surface area contributed by atoms with E-state index in [2.05, 4.69) is 4.99 Å². The third-order valence-corrected chi connectivity index (χ3v) is 4.16. The highest BCUT2D eigenvalue weighted by Crippen LogP contribution is 2.20. The SMILES string of the molecule is COC(=O)c1ccc2c(c1)sc(=NC(=O)C(C)(C)C)n2C. The van der Waals surface area contributed by atoms with Gasteiger partial charge >= 0.3 is 5.97 Å². The number of aromatic nitrogens is 1. The van der Waals surface area contributed by atoms with E-state index < -0.39 is 5.41 Å². The average Bonchev–Trinajstić information content (AvgIpc) is 2.73. The molecule has 0 fully saturated rings. The molecule has 0 radical (unpaired) electrons. The summed E-state index contributed by atoms with van der Waals surface area (Å²) >= 11 is 1.38. The molecule has 21 heavy (non-hydrogen) atoms. The molecule has 0 atom stereocenters. The molecular formula is C15H18N2O3S. The Bertz CT molecular complexity index is 778. The predicted molar refractivity (Wildman–Crippen MR) is 82.2 cm³/mol. The molecule has 0 aliphatic heterocycles. The van der Waals surface area contributed by atoms with Crippen molar-refractivity contribution in [2.45, 2.75) is 20.8 Å². The van der Waals surface area contributed by atoms with Crippen LogP contribution in [0.5, 0.6) is 0 Å². The predicted octanol–water partition coefficient (Wildman–Crippen LogP) is 2.50. The van der Waals surface area contributed by atoms with Gasteiger partial charge in [-0.05, 0) is 18.2 Å². The fourth-order valence-electron chi connectivity index (χ4n) is 1.74. The third kappa shape index (κ3) is 3.05. The normalized spacial score (nSPS) is 12.7. The number of methoxy groups -OCH3 is 1. The minimum Gasteiger partial charge on any atom is -0.465 e. The molecule has 0 N–H and O–H groups in total. The van der Waals surface area contributed by atoms with Crippen LogP contribution in [0, 0.1) is 5.41 Å². The first-order valence-electron chi connectivity index (χ1n) is 6.51. The summed E-state index contributed by atoms with van der Waals surface area (Å²) in [6.07, 6.45) is 0. The van der Waals surface area contributed by atoms with Crippen molar-refractivity contribution in [1.82, 2.24) is 4.57 Å². The fourth-order valence-corrected chi connectivity index (χ4v) is 2.80. The van der Waals surface area contributed by atoms with E-state index in [1.165, 1.54) is 18.4 Å². The van der Waals surface area contributed by atoms with Crippen LogP contribution in [0.3, 0.4) is 0 Å². The number of aryl methyl sites for hydroxylation is 1. The van der Waals surface area contributed by atoms with Crippen molar-refractivity contribution in [3.63, 3.8) is 0 Å². The Hall–Kier alpha value is -1.95. The highest BCUT2D eigenvalue weighted by molar-refractivity contribution is 7.16. The number of hydrogen-bond donors (Lipinski definition) is 0. The third-order valence-electron chi connectivity index (χ3n) is 3.07. The molecule has 112 valence electrons. The standard InChI is InChI=1S/C15H18N2O3S/c1-15(2,3)13(19)16-14-17(4)10-7-6-9(12(18)20-5)8-11(10)21-14/h6-8H,1-5H3. The Morgan fingerprint density at radius 3 is 2.52 bits per heavy atom. The largest absolute Gasteiger partial charge is 0.465 e. The number of fused-ring (bicyclic) bond motifs is 1. The van der Waals surface area contributed by atoms with Crippen LogP contribution in [0.15, 0.2) is 23.2 Å². The van der Waals surface area contributed by atoms with Gasteiger partial charge in [0.25, 0.3) is 5.91 Å². The zero-order valence-corrected chi connectivity index (χ0v) is 13.6.